The summed E-state index contributed by atoms with van der Waals surface area (Å²) in [6.45, 7) is 1.95. The molecule has 1 aromatic carbocycles. The van der Waals surface area contributed by atoms with E-state index < -0.39 is 5.97 Å². The molecule has 0 saturated carbocycles. The van der Waals surface area contributed by atoms with E-state index in [1.165, 1.54) is 21.3 Å². The summed E-state index contributed by atoms with van der Waals surface area (Å²) >= 11 is 1.17. The van der Waals surface area contributed by atoms with E-state index in [1.54, 1.807) is 7.05 Å². The standard InChI is InChI=1S/C15H12N2O3S/c1-8-5-3-4-6-9(8)12-16-13-11(14(18)17(12)2)10(7-21-13)15(19)20/h3-7H,1-2H3,(H,19,20). The van der Waals surface area contributed by atoms with Gasteiger partial charge in [0.1, 0.15) is 10.7 Å². The van der Waals surface area contributed by atoms with E-state index in [1.807, 2.05) is 31.2 Å². The Morgan fingerprint density at radius 3 is 2.71 bits per heavy atom. The minimum absolute atomic E-state index is 0.0134. The van der Waals surface area contributed by atoms with Gasteiger partial charge in [0, 0.05) is 18.0 Å². The first kappa shape index (κ1) is 13.5. The van der Waals surface area contributed by atoms with E-state index in [2.05, 4.69) is 4.98 Å². The highest BCUT2D eigenvalue weighted by atomic mass is 32.1. The van der Waals surface area contributed by atoms with Crippen molar-refractivity contribution in [3.05, 3.63) is 51.1 Å². The summed E-state index contributed by atoms with van der Waals surface area (Å²) < 4.78 is 1.41. The summed E-state index contributed by atoms with van der Waals surface area (Å²) in [6, 6.07) is 7.65. The number of carboxylic acids is 1. The van der Waals surface area contributed by atoms with Crippen molar-refractivity contribution >= 4 is 27.5 Å². The Balaban J connectivity index is 2.38. The third kappa shape index (κ3) is 2.04. The van der Waals surface area contributed by atoms with Crippen molar-refractivity contribution in [2.45, 2.75) is 6.92 Å². The van der Waals surface area contributed by atoms with Gasteiger partial charge in [-0.25, -0.2) is 9.78 Å². The maximum Gasteiger partial charge on any atom is 0.337 e. The van der Waals surface area contributed by atoms with Crippen molar-refractivity contribution in [2.75, 3.05) is 0 Å². The van der Waals surface area contributed by atoms with Crippen LogP contribution in [0, 0.1) is 6.92 Å². The molecule has 3 rings (SSSR count). The number of thiophene rings is 1. The first-order chi connectivity index (χ1) is 10.0. The fourth-order valence-electron chi connectivity index (χ4n) is 2.29. The van der Waals surface area contributed by atoms with Gasteiger partial charge in [-0.15, -0.1) is 11.3 Å². The van der Waals surface area contributed by atoms with Crippen molar-refractivity contribution in [1.82, 2.24) is 9.55 Å². The van der Waals surface area contributed by atoms with Crippen molar-refractivity contribution in [1.29, 1.82) is 0 Å². The SMILES string of the molecule is Cc1ccccc1-c1nc2scc(C(=O)O)c2c(=O)n1C. The van der Waals surface area contributed by atoms with Gasteiger partial charge in [-0.1, -0.05) is 24.3 Å². The maximum atomic E-state index is 12.5. The first-order valence-corrected chi connectivity index (χ1v) is 7.16. The summed E-state index contributed by atoms with van der Waals surface area (Å²) in [4.78, 5) is 28.6. The van der Waals surface area contributed by atoms with E-state index in [0.717, 1.165) is 11.1 Å². The molecule has 2 heterocycles. The van der Waals surface area contributed by atoms with E-state index in [0.29, 0.717) is 10.7 Å². The zero-order chi connectivity index (χ0) is 15.1. The lowest BCUT2D eigenvalue weighted by atomic mass is 10.1. The first-order valence-electron chi connectivity index (χ1n) is 6.28. The number of carboxylic acid groups (broad SMARTS) is 1. The predicted molar refractivity (Wildman–Crippen MR) is 82.0 cm³/mol. The fourth-order valence-corrected chi connectivity index (χ4v) is 3.20. The summed E-state index contributed by atoms with van der Waals surface area (Å²) in [6.07, 6.45) is 0. The molecule has 0 aliphatic rings. The smallest absolute Gasteiger partial charge is 0.337 e. The van der Waals surface area contributed by atoms with Crippen LogP contribution in [0.4, 0.5) is 0 Å². The lowest BCUT2D eigenvalue weighted by Crippen LogP contribution is -2.21. The molecular formula is C15H12N2O3S. The topological polar surface area (TPSA) is 72.2 Å². The molecule has 0 aliphatic carbocycles. The van der Waals surface area contributed by atoms with Crippen molar-refractivity contribution in [3.63, 3.8) is 0 Å². The summed E-state index contributed by atoms with van der Waals surface area (Å²) in [7, 11) is 1.61. The van der Waals surface area contributed by atoms with Crippen LogP contribution >= 0.6 is 11.3 Å². The van der Waals surface area contributed by atoms with Crippen molar-refractivity contribution < 1.29 is 9.90 Å². The summed E-state index contributed by atoms with van der Waals surface area (Å²) in [5.41, 5.74) is 1.55. The van der Waals surface area contributed by atoms with Crippen LogP contribution in [0.2, 0.25) is 0 Å². The highest BCUT2D eigenvalue weighted by Crippen LogP contribution is 2.26. The summed E-state index contributed by atoms with van der Waals surface area (Å²) in [5.74, 6) is -0.562. The van der Waals surface area contributed by atoms with Crippen molar-refractivity contribution in [3.8, 4) is 11.4 Å². The molecule has 3 aromatic rings. The normalized spacial score (nSPS) is 11.0. The Morgan fingerprint density at radius 2 is 2.05 bits per heavy atom. The number of rotatable bonds is 2. The van der Waals surface area contributed by atoms with Gasteiger partial charge >= 0.3 is 5.97 Å². The number of fused-ring (bicyclic) bond motifs is 1. The molecule has 0 fully saturated rings. The molecule has 0 spiro atoms. The lowest BCUT2D eigenvalue weighted by molar-refractivity contribution is 0.0699. The maximum absolute atomic E-state index is 12.5. The number of benzene rings is 1. The monoisotopic (exact) mass is 300 g/mol. The molecule has 0 bridgehead atoms. The molecule has 0 saturated heterocycles. The van der Waals surface area contributed by atoms with Crippen LogP contribution in [0.3, 0.4) is 0 Å². The van der Waals surface area contributed by atoms with Crippen LogP contribution in [0.5, 0.6) is 0 Å². The second kappa shape index (κ2) is 4.82. The quantitative estimate of drug-likeness (QED) is 0.789. The largest absolute Gasteiger partial charge is 0.478 e. The van der Waals surface area contributed by atoms with Gasteiger partial charge in [0.05, 0.1) is 10.9 Å². The highest BCUT2D eigenvalue weighted by Gasteiger charge is 2.19. The van der Waals surface area contributed by atoms with Crippen LogP contribution in [-0.2, 0) is 7.05 Å². The number of hydrogen-bond acceptors (Lipinski definition) is 4. The van der Waals surface area contributed by atoms with Gasteiger partial charge in [-0.05, 0) is 12.5 Å². The second-order valence-electron chi connectivity index (χ2n) is 4.75. The molecule has 0 radical (unpaired) electrons. The third-order valence-corrected chi connectivity index (χ3v) is 4.30. The van der Waals surface area contributed by atoms with Crippen LogP contribution in [-0.4, -0.2) is 20.6 Å². The van der Waals surface area contributed by atoms with Gasteiger partial charge in [0.2, 0.25) is 0 Å². The number of aryl methyl sites for hydroxylation is 1. The van der Waals surface area contributed by atoms with Crippen LogP contribution in [0.15, 0.2) is 34.4 Å². The van der Waals surface area contributed by atoms with Crippen LogP contribution in [0.1, 0.15) is 15.9 Å². The minimum Gasteiger partial charge on any atom is -0.478 e. The third-order valence-electron chi connectivity index (χ3n) is 3.43. The number of hydrogen-bond donors (Lipinski definition) is 1. The molecular weight excluding hydrogens is 288 g/mol. The molecule has 106 valence electrons. The Hall–Kier alpha value is -2.47. The van der Waals surface area contributed by atoms with Crippen LogP contribution < -0.4 is 5.56 Å². The van der Waals surface area contributed by atoms with Gasteiger partial charge in [-0.3, -0.25) is 9.36 Å². The molecule has 0 unspecified atom stereocenters. The van der Waals surface area contributed by atoms with Gasteiger partial charge < -0.3 is 5.11 Å². The molecule has 5 nitrogen and oxygen atoms in total. The Morgan fingerprint density at radius 1 is 1.33 bits per heavy atom. The van der Waals surface area contributed by atoms with E-state index >= 15 is 0 Å². The van der Waals surface area contributed by atoms with E-state index in [4.69, 9.17) is 5.11 Å². The molecule has 21 heavy (non-hydrogen) atoms. The summed E-state index contributed by atoms with van der Waals surface area (Å²) in [5, 5.41) is 10.8. The predicted octanol–water partition coefficient (Wildman–Crippen LogP) is 2.67. The Kier molecular flexibility index (Phi) is 3.10. The highest BCUT2D eigenvalue weighted by molar-refractivity contribution is 7.17. The lowest BCUT2D eigenvalue weighted by Gasteiger charge is -2.10. The molecule has 0 aliphatic heterocycles. The zero-order valence-electron chi connectivity index (χ0n) is 11.5. The number of aromatic nitrogens is 2. The number of aromatic carboxylic acids is 1. The van der Waals surface area contributed by atoms with Gasteiger partial charge in [0.25, 0.3) is 5.56 Å². The van der Waals surface area contributed by atoms with E-state index in [9.17, 15) is 9.59 Å². The number of nitrogens with zero attached hydrogens (tertiary/aromatic N) is 2. The van der Waals surface area contributed by atoms with Gasteiger partial charge in [0.15, 0.2) is 0 Å². The van der Waals surface area contributed by atoms with Gasteiger partial charge in [-0.2, -0.15) is 0 Å². The average Bonchev–Trinajstić information content (AvgIpc) is 2.88. The second-order valence-corrected chi connectivity index (χ2v) is 5.61. The minimum atomic E-state index is -1.11. The number of carbonyl (C=O) groups is 1. The Labute approximate surface area is 124 Å². The fraction of sp³-hybridized carbons (Fsp3) is 0.133. The zero-order valence-corrected chi connectivity index (χ0v) is 12.3. The van der Waals surface area contributed by atoms with Crippen LogP contribution in [0.25, 0.3) is 21.6 Å². The molecule has 1 N–H and O–H groups in total. The average molecular weight is 300 g/mol. The molecule has 0 atom stereocenters. The molecule has 2 aromatic heterocycles. The van der Waals surface area contributed by atoms with Crippen molar-refractivity contribution in [2.24, 2.45) is 7.05 Å². The molecule has 6 heteroatoms. The van der Waals surface area contributed by atoms with E-state index in [-0.39, 0.29) is 16.5 Å². The molecule has 0 amide bonds. The Bertz CT molecular complexity index is 924.